The summed E-state index contributed by atoms with van der Waals surface area (Å²) in [7, 11) is -4.68. The number of carbonyl (C=O) groups excluding carboxylic acids is 1. The molecule has 1 saturated heterocycles. The molecule has 0 aromatic heterocycles. The molecule has 2 rings (SSSR count). The lowest BCUT2D eigenvalue weighted by atomic mass is 10.2. The summed E-state index contributed by atoms with van der Waals surface area (Å²) in [6.07, 6.45) is 1.16. The first kappa shape index (κ1) is 18.3. The lowest BCUT2D eigenvalue weighted by Crippen LogP contribution is -2.40. The summed E-state index contributed by atoms with van der Waals surface area (Å²) in [6, 6.07) is 3.66. The predicted molar refractivity (Wildman–Crippen MR) is 80.5 cm³/mol. The van der Waals surface area contributed by atoms with E-state index in [2.05, 4.69) is 5.32 Å². The number of likely N-dealkylation sites (tertiary alicyclic amines) is 1. The van der Waals surface area contributed by atoms with Crippen molar-refractivity contribution in [2.24, 2.45) is 0 Å². The Kier molecular flexibility index (Phi) is 5.50. The van der Waals surface area contributed by atoms with Crippen LogP contribution in [0.4, 0.5) is 14.5 Å². The summed E-state index contributed by atoms with van der Waals surface area (Å²) >= 11 is 0. The highest BCUT2D eigenvalue weighted by Gasteiger charge is 2.31. The number of nitrogens with zero attached hydrogens (tertiary/aromatic N) is 1. The summed E-state index contributed by atoms with van der Waals surface area (Å²) in [4.78, 5) is 24.0. The molecule has 1 aromatic rings. The highest BCUT2D eigenvalue weighted by molar-refractivity contribution is 7.91. The van der Waals surface area contributed by atoms with Gasteiger partial charge in [-0.3, -0.25) is 14.5 Å². The number of halogens is 2. The van der Waals surface area contributed by atoms with Crippen molar-refractivity contribution in [1.82, 2.24) is 4.90 Å². The number of carboxylic acid groups (broad SMARTS) is 1. The van der Waals surface area contributed by atoms with E-state index in [0.29, 0.717) is 19.4 Å². The van der Waals surface area contributed by atoms with Crippen molar-refractivity contribution in [3.05, 3.63) is 24.3 Å². The van der Waals surface area contributed by atoms with Crippen molar-refractivity contribution in [1.29, 1.82) is 0 Å². The molecule has 10 heteroatoms. The molecular formula is C14H16F2N2O5S. The van der Waals surface area contributed by atoms with E-state index >= 15 is 0 Å². The fraction of sp³-hybridized carbons (Fsp3) is 0.429. The molecular weight excluding hydrogens is 346 g/mol. The van der Waals surface area contributed by atoms with Crippen LogP contribution in [0.25, 0.3) is 0 Å². The van der Waals surface area contributed by atoms with E-state index in [0.717, 1.165) is 12.1 Å². The van der Waals surface area contributed by atoms with Crippen LogP contribution in [-0.4, -0.2) is 55.2 Å². The average molecular weight is 362 g/mol. The molecule has 24 heavy (non-hydrogen) atoms. The average Bonchev–Trinajstić information content (AvgIpc) is 2.95. The third-order valence-electron chi connectivity index (χ3n) is 3.70. The van der Waals surface area contributed by atoms with Gasteiger partial charge in [0.05, 0.1) is 11.4 Å². The van der Waals surface area contributed by atoms with E-state index in [9.17, 15) is 26.8 Å². The number of amides is 1. The Hall–Kier alpha value is -2.07. The molecule has 1 aliphatic heterocycles. The lowest BCUT2D eigenvalue weighted by molar-refractivity contribution is -0.142. The van der Waals surface area contributed by atoms with Gasteiger partial charge in [-0.2, -0.15) is 8.78 Å². The summed E-state index contributed by atoms with van der Waals surface area (Å²) < 4.78 is 47.4. The molecule has 132 valence electrons. The zero-order chi connectivity index (χ0) is 17.9. The topological polar surface area (TPSA) is 104 Å². The minimum Gasteiger partial charge on any atom is -0.480 e. The summed E-state index contributed by atoms with van der Waals surface area (Å²) in [5.41, 5.74) is 0.235. The van der Waals surface area contributed by atoms with Crippen LogP contribution in [0.1, 0.15) is 12.8 Å². The summed E-state index contributed by atoms with van der Waals surface area (Å²) in [6.45, 7) is 0.379. The van der Waals surface area contributed by atoms with Crippen LogP contribution in [-0.2, 0) is 19.4 Å². The Balaban J connectivity index is 1.99. The number of hydrogen-bond acceptors (Lipinski definition) is 5. The van der Waals surface area contributed by atoms with Crippen LogP contribution < -0.4 is 5.32 Å². The Morgan fingerprint density at radius 2 is 1.92 bits per heavy atom. The molecule has 1 unspecified atom stereocenters. The maximum absolute atomic E-state index is 12.4. The van der Waals surface area contributed by atoms with Gasteiger partial charge in [-0.05, 0) is 43.7 Å². The van der Waals surface area contributed by atoms with Crippen LogP contribution in [0.5, 0.6) is 0 Å². The molecule has 1 heterocycles. The Labute approximate surface area is 137 Å². The Morgan fingerprint density at radius 1 is 1.29 bits per heavy atom. The summed E-state index contributed by atoms with van der Waals surface area (Å²) in [5, 5.41) is 11.5. The first-order valence-corrected chi connectivity index (χ1v) is 8.65. The smallest absolute Gasteiger partial charge is 0.341 e. The second-order valence-corrected chi connectivity index (χ2v) is 7.26. The van der Waals surface area contributed by atoms with E-state index in [1.807, 2.05) is 0 Å². The number of hydrogen-bond donors (Lipinski definition) is 2. The number of anilines is 1. The van der Waals surface area contributed by atoms with Gasteiger partial charge in [-0.1, -0.05) is 0 Å². The SMILES string of the molecule is O=C(CN1CCCC1C(=O)O)Nc1ccc(S(=O)(=O)C(F)F)cc1. The number of carbonyl (C=O) groups is 2. The van der Waals surface area contributed by atoms with E-state index in [-0.39, 0.29) is 12.2 Å². The number of nitrogens with one attached hydrogen (secondary N) is 1. The molecule has 1 aromatic carbocycles. The standard InChI is InChI=1S/C14H16F2N2O5S/c15-14(16)24(22,23)10-5-3-9(4-6-10)17-12(19)8-18-7-1-2-11(18)13(20)21/h3-6,11,14H,1-2,7-8H2,(H,17,19)(H,20,21). The lowest BCUT2D eigenvalue weighted by Gasteiger charge is -2.20. The number of benzene rings is 1. The van der Waals surface area contributed by atoms with Gasteiger partial charge in [0.1, 0.15) is 6.04 Å². The van der Waals surface area contributed by atoms with Gasteiger partial charge in [0.25, 0.3) is 0 Å². The summed E-state index contributed by atoms with van der Waals surface area (Å²) in [5.74, 6) is -4.96. The molecule has 0 spiro atoms. The quantitative estimate of drug-likeness (QED) is 0.787. The van der Waals surface area contributed by atoms with Crippen LogP contribution in [0.15, 0.2) is 29.2 Å². The van der Waals surface area contributed by atoms with Gasteiger partial charge in [0, 0.05) is 5.69 Å². The molecule has 7 nitrogen and oxygen atoms in total. The highest BCUT2D eigenvalue weighted by atomic mass is 32.2. The normalized spacial score (nSPS) is 18.7. The van der Waals surface area contributed by atoms with Gasteiger partial charge in [0.2, 0.25) is 15.7 Å². The predicted octanol–water partition coefficient (Wildman–Crippen LogP) is 1.17. The van der Waals surface area contributed by atoms with Crippen molar-refractivity contribution in [2.45, 2.75) is 29.5 Å². The minimum atomic E-state index is -4.68. The molecule has 0 radical (unpaired) electrons. The highest BCUT2D eigenvalue weighted by Crippen LogP contribution is 2.21. The second kappa shape index (κ2) is 7.22. The Bertz CT molecular complexity index is 721. The van der Waals surface area contributed by atoms with Crippen molar-refractivity contribution in [3.63, 3.8) is 0 Å². The van der Waals surface area contributed by atoms with E-state index in [1.165, 1.54) is 17.0 Å². The first-order valence-electron chi connectivity index (χ1n) is 7.10. The number of aliphatic carboxylic acids is 1. The first-order chi connectivity index (χ1) is 11.2. The molecule has 0 aliphatic carbocycles. The van der Waals surface area contributed by atoms with E-state index < -0.39 is 38.4 Å². The molecule has 2 N–H and O–H groups in total. The maximum atomic E-state index is 12.4. The minimum absolute atomic E-state index is 0.117. The van der Waals surface area contributed by atoms with Crippen molar-refractivity contribution < 1.29 is 31.9 Å². The van der Waals surface area contributed by atoms with Crippen LogP contribution in [0, 0.1) is 0 Å². The molecule has 1 aliphatic rings. The van der Waals surface area contributed by atoms with Crippen molar-refractivity contribution in [3.8, 4) is 0 Å². The second-order valence-electron chi connectivity index (χ2n) is 5.34. The fourth-order valence-corrected chi connectivity index (χ4v) is 3.23. The van der Waals surface area contributed by atoms with Gasteiger partial charge in [-0.25, -0.2) is 8.42 Å². The number of sulfone groups is 1. The molecule has 1 fully saturated rings. The van der Waals surface area contributed by atoms with Gasteiger partial charge >= 0.3 is 11.7 Å². The zero-order valence-electron chi connectivity index (χ0n) is 12.5. The number of alkyl halides is 2. The molecule has 1 atom stereocenters. The molecule has 0 saturated carbocycles. The molecule has 1 amide bonds. The molecule has 0 bridgehead atoms. The van der Waals surface area contributed by atoms with Crippen molar-refractivity contribution >= 4 is 27.4 Å². The third kappa shape index (κ3) is 4.06. The van der Waals surface area contributed by atoms with Gasteiger partial charge in [-0.15, -0.1) is 0 Å². The van der Waals surface area contributed by atoms with Crippen LogP contribution in [0.3, 0.4) is 0 Å². The fourth-order valence-electron chi connectivity index (χ4n) is 2.51. The monoisotopic (exact) mass is 362 g/mol. The number of rotatable bonds is 6. The van der Waals surface area contributed by atoms with Gasteiger partial charge in [0.15, 0.2) is 0 Å². The number of carboxylic acids is 1. The van der Waals surface area contributed by atoms with Gasteiger partial charge < -0.3 is 10.4 Å². The Morgan fingerprint density at radius 3 is 2.46 bits per heavy atom. The maximum Gasteiger partial charge on any atom is 0.341 e. The largest absolute Gasteiger partial charge is 0.480 e. The van der Waals surface area contributed by atoms with E-state index in [1.54, 1.807) is 0 Å². The van der Waals surface area contributed by atoms with Crippen molar-refractivity contribution in [2.75, 3.05) is 18.4 Å². The van der Waals surface area contributed by atoms with Crippen LogP contribution >= 0.6 is 0 Å². The third-order valence-corrected chi connectivity index (χ3v) is 5.09. The van der Waals surface area contributed by atoms with Crippen LogP contribution in [0.2, 0.25) is 0 Å². The zero-order valence-corrected chi connectivity index (χ0v) is 13.3. The van der Waals surface area contributed by atoms with E-state index in [4.69, 9.17) is 5.11 Å².